The van der Waals surface area contributed by atoms with Gasteiger partial charge in [0.05, 0.1) is 19.9 Å². The van der Waals surface area contributed by atoms with E-state index in [-0.39, 0.29) is 11.5 Å². The van der Waals surface area contributed by atoms with Crippen LogP contribution in [0.1, 0.15) is 24.0 Å². The monoisotopic (exact) mass is 490 g/mol. The summed E-state index contributed by atoms with van der Waals surface area (Å²) in [5.41, 5.74) is 3.58. The molecule has 1 heterocycles. The van der Waals surface area contributed by atoms with Crippen molar-refractivity contribution in [3.8, 4) is 22.8 Å². The molecule has 190 valence electrons. The van der Waals surface area contributed by atoms with Gasteiger partial charge in [-0.1, -0.05) is 42.5 Å². The minimum atomic E-state index is -0.227. The number of nitrogens with one attached hydrogen (secondary N) is 2. The predicted octanol–water partition coefficient (Wildman–Crippen LogP) is 3.54. The molecule has 0 radical (unpaired) electrons. The Morgan fingerprint density at radius 2 is 1.81 bits per heavy atom. The van der Waals surface area contributed by atoms with Gasteiger partial charge in [-0.2, -0.15) is 5.10 Å². The van der Waals surface area contributed by atoms with E-state index in [2.05, 4.69) is 33.5 Å². The van der Waals surface area contributed by atoms with Gasteiger partial charge in [0.15, 0.2) is 11.5 Å². The molecule has 0 saturated heterocycles. The fraction of sp³-hybridized carbons (Fsp3) is 0.321. The highest BCUT2D eigenvalue weighted by atomic mass is 16.5. The molecule has 0 aliphatic rings. The minimum Gasteiger partial charge on any atom is -0.493 e. The average molecular weight is 491 g/mol. The van der Waals surface area contributed by atoms with Crippen molar-refractivity contribution >= 4 is 12.0 Å². The lowest BCUT2D eigenvalue weighted by Crippen LogP contribution is -2.28. The van der Waals surface area contributed by atoms with E-state index in [1.807, 2.05) is 48.6 Å². The third kappa shape index (κ3) is 8.39. The highest BCUT2D eigenvalue weighted by Gasteiger charge is 2.06. The standard InChI is InChI=1S/C28H34N4O4/c1-32(19-16-22-10-14-25(35-2)26(20-22)36-3)18-5-17-29-27(33)7-4-6-21-8-11-23(12-9-21)24-13-15-28(34)31-30-24/h4,6,8-15,20H,5,7,16-19H2,1-3H3,(H,29,33)(H,31,34)/b6-4+. The number of aromatic amines is 1. The van der Waals surface area contributed by atoms with Crippen molar-refractivity contribution in [1.29, 1.82) is 0 Å². The summed E-state index contributed by atoms with van der Waals surface area (Å²) >= 11 is 0. The maximum atomic E-state index is 12.1. The number of rotatable bonds is 13. The zero-order valence-electron chi connectivity index (χ0n) is 21.1. The van der Waals surface area contributed by atoms with E-state index in [9.17, 15) is 9.59 Å². The van der Waals surface area contributed by atoms with Crippen LogP contribution in [0, 0.1) is 0 Å². The molecule has 1 amide bonds. The number of likely N-dealkylation sites (N-methyl/N-ethyl adjacent to an activating group) is 1. The van der Waals surface area contributed by atoms with Crippen LogP contribution in [0.5, 0.6) is 11.5 Å². The van der Waals surface area contributed by atoms with Crippen molar-refractivity contribution in [2.45, 2.75) is 19.3 Å². The maximum absolute atomic E-state index is 12.1. The average Bonchev–Trinajstić information content (AvgIpc) is 2.90. The van der Waals surface area contributed by atoms with Crippen molar-refractivity contribution in [1.82, 2.24) is 20.4 Å². The van der Waals surface area contributed by atoms with Crippen LogP contribution in [-0.4, -0.2) is 61.9 Å². The molecule has 3 rings (SSSR count). The van der Waals surface area contributed by atoms with Crippen LogP contribution in [0.3, 0.4) is 0 Å². The fourth-order valence-corrected chi connectivity index (χ4v) is 3.69. The van der Waals surface area contributed by atoms with E-state index in [1.54, 1.807) is 20.3 Å². The van der Waals surface area contributed by atoms with Crippen LogP contribution >= 0.6 is 0 Å². The summed E-state index contributed by atoms with van der Waals surface area (Å²) < 4.78 is 10.7. The lowest BCUT2D eigenvalue weighted by molar-refractivity contribution is -0.120. The molecule has 8 heteroatoms. The minimum absolute atomic E-state index is 0.00768. The largest absolute Gasteiger partial charge is 0.493 e. The molecule has 8 nitrogen and oxygen atoms in total. The first-order chi connectivity index (χ1) is 17.5. The molecule has 2 N–H and O–H groups in total. The smallest absolute Gasteiger partial charge is 0.264 e. The van der Waals surface area contributed by atoms with Gasteiger partial charge in [0.1, 0.15) is 0 Å². The SMILES string of the molecule is COc1ccc(CCN(C)CCCNC(=O)C/C=C/c2ccc(-c3ccc(=O)[nH]n3)cc2)cc1OC. The normalized spacial score (nSPS) is 11.1. The van der Waals surface area contributed by atoms with E-state index in [0.717, 1.165) is 48.6 Å². The molecule has 3 aromatic rings. The molecule has 0 spiro atoms. The Bertz CT molecular complexity index is 1180. The van der Waals surface area contributed by atoms with Crippen molar-refractivity contribution in [3.63, 3.8) is 0 Å². The van der Waals surface area contributed by atoms with Crippen LogP contribution in [-0.2, 0) is 11.2 Å². The first-order valence-electron chi connectivity index (χ1n) is 12.0. The molecule has 0 aliphatic heterocycles. The molecule has 0 aliphatic carbocycles. The number of benzene rings is 2. The van der Waals surface area contributed by atoms with E-state index in [0.29, 0.717) is 18.7 Å². The number of hydrogen-bond donors (Lipinski definition) is 2. The summed E-state index contributed by atoms with van der Waals surface area (Å²) in [5, 5.41) is 9.43. The van der Waals surface area contributed by atoms with Crippen LogP contribution in [0.25, 0.3) is 17.3 Å². The molecular formula is C28H34N4O4. The third-order valence-electron chi connectivity index (χ3n) is 5.77. The van der Waals surface area contributed by atoms with Crippen LogP contribution in [0.15, 0.2) is 65.5 Å². The van der Waals surface area contributed by atoms with E-state index >= 15 is 0 Å². The Morgan fingerprint density at radius 3 is 2.50 bits per heavy atom. The summed E-state index contributed by atoms with van der Waals surface area (Å²) in [6, 6.07) is 16.9. The molecule has 0 bridgehead atoms. The molecule has 0 atom stereocenters. The topological polar surface area (TPSA) is 96.6 Å². The molecule has 0 saturated carbocycles. The molecular weight excluding hydrogens is 456 g/mol. The van der Waals surface area contributed by atoms with E-state index < -0.39 is 0 Å². The Kier molecular flexibility index (Phi) is 10.3. The number of carbonyl (C=O) groups is 1. The molecule has 36 heavy (non-hydrogen) atoms. The Hall–Kier alpha value is -3.91. The predicted molar refractivity (Wildman–Crippen MR) is 142 cm³/mol. The van der Waals surface area contributed by atoms with E-state index in [1.165, 1.54) is 11.6 Å². The number of carbonyl (C=O) groups excluding carboxylic acids is 1. The second kappa shape index (κ2) is 13.8. The van der Waals surface area contributed by atoms with Gasteiger partial charge in [-0.3, -0.25) is 9.59 Å². The quantitative estimate of drug-likeness (QED) is 0.356. The van der Waals surface area contributed by atoms with Gasteiger partial charge in [-0.15, -0.1) is 0 Å². The third-order valence-corrected chi connectivity index (χ3v) is 5.77. The van der Waals surface area contributed by atoms with Gasteiger partial charge >= 0.3 is 0 Å². The molecule has 1 aromatic heterocycles. The number of methoxy groups -OCH3 is 2. The Labute approximate surface area is 212 Å². The van der Waals surface area contributed by atoms with Gasteiger partial charge in [0, 0.05) is 31.1 Å². The zero-order chi connectivity index (χ0) is 25.8. The number of amides is 1. The lowest BCUT2D eigenvalue weighted by atomic mass is 10.1. The first kappa shape index (κ1) is 26.7. The first-order valence-corrected chi connectivity index (χ1v) is 12.0. The number of aromatic nitrogens is 2. The van der Waals surface area contributed by atoms with Gasteiger partial charge < -0.3 is 19.7 Å². The molecule has 0 unspecified atom stereocenters. The van der Waals surface area contributed by atoms with Crippen molar-refractivity contribution in [2.24, 2.45) is 0 Å². The maximum Gasteiger partial charge on any atom is 0.264 e. The number of nitrogens with zero attached hydrogens (tertiary/aromatic N) is 2. The summed E-state index contributed by atoms with van der Waals surface area (Å²) in [5.74, 6) is 1.49. The van der Waals surface area contributed by atoms with E-state index in [4.69, 9.17) is 9.47 Å². The second-order valence-corrected chi connectivity index (χ2v) is 8.48. The Balaban J connectivity index is 1.32. The molecule has 2 aromatic carbocycles. The summed E-state index contributed by atoms with van der Waals surface area (Å²) in [7, 11) is 5.36. The van der Waals surface area contributed by atoms with Gasteiger partial charge in [0.25, 0.3) is 5.56 Å². The van der Waals surface area contributed by atoms with Crippen molar-refractivity contribution in [3.05, 3.63) is 82.2 Å². The number of ether oxygens (including phenoxy) is 2. The fourth-order valence-electron chi connectivity index (χ4n) is 3.69. The van der Waals surface area contributed by atoms with Gasteiger partial charge in [-0.05, 0) is 55.8 Å². The summed E-state index contributed by atoms with van der Waals surface area (Å²) in [6.45, 7) is 2.47. The summed E-state index contributed by atoms with van der Waals surface area (Å²) in [4.78, 5) is 25.5. The van der Waals surface area contributed by atoms with Crippen molar-refractivity contribution in [2.75, 3.05) is 40.9 Å². The highest BCUT2D eigenvalue weighted by Crippen LogP contribution is 2.27. The number of H-pyrrole nitrogens is 1. The molecule has 0 fully saturated rings. The van der Waals surface area contributed by atoms with Gasteiger partial charge in [0.2, 0.25) is 5.91 Å². The zero-order valence-corrected chi connectivity index (χ0v) is 21.1. The van der Waals surface area contributed by atoms with Crippen LogP contribution in [0.4, 0.5) is 0 Å². The lowest BCUT2D eigenvalue weighted by Gasteiger charge is -2.17. The summed E-state index contributed by atoms with van der Waals surface area (Å²) in [6.07, 6.45) is 5.91. The second-order valence-electron chi connectivity index (χ2n) is 8.48. The van der Waals surface area contributed by atoms with Crippen molar-refractivity contribution < 1.29 is 14.3 Å². The van der Waals surface area contributed by atoms with Crippen LogP contribution < -0.4 is 20.3 Å². The Morgan fingerprint density at radius 1 is 1.03 bits per heavy atom. The highest BCUT2D eigenvalue weighted by molar-refractivity contribution is 5.78. The number of hydrogen-bond acceptors (Lipinski definition) is 6. The van der Waals surface area contributed by atoms with Gasteiger partial charge in [-0.25, -0.2) is 5.10 Å². The van der Waals surface area contributed by atoms with Crippen LogP contribution in [0.2, 0.25) is 0 Å².